The lowest BCUT2D eigenvalue weighted by atomic mass is 9.66. The number of hydrogen-bond donors (Lipinski definition) is 1. The third kappa shape index (κ3) is 3.30. The summed E-state index contributed by atoms with van der Waals surface area (Å²) in [6, 6.07) is 15.7. The molecular weight excluding hydrogens is 426 g/mol. The molecule has 1 aromatic carbocycles. The Morgan fingerprint density at radius 3 is 2.59 bits per heavy atom. The first-order valence-corrected chi connectivity index (χ1v) is 12.0. The molecule has 7 heteroatoms. The molecule has 2 fully saturated rings. The number of amides is 1. The van der Waals surface area contributed by atoms with Crippen molar-refractivity contribution in [2.75, 3.05) is 6.54 Å². The Morgan fingerprint density at radius 1 is 1.00 bits per heavy atom. The van der Waals surface area contributed by atoms with Crippen LogP contribution in [0.3, 0.4) is 0 Å². The first-order chi connectivity index (χ1) is 16.7. The SMILES string of the molecule is O=C(c1nc(-c2cncnc2)n2ccccc12)N1CCC(O)(c2ccccc2)[C@H]2CCCC[C@H]21. The molecule has 7 nitrogen and oxygen atoms in total. The number of benzene rings is 1. The number of nitrogens with zero attached hydrogens (tertiary/aromatic N) is 5. The molecule has 172 valence electrons. The number of pyridine rings is 1. The Labute approximate surface area is 198 Å². The minimum absolute atomic E-state index is 0.0100. The predicted molar refractivity (Wildman–Crippen MR) is 128 cm³/mol. The van der Waals surface area contributed by atoms with Gasteiger partial charge in [-0.05, 0) is 37.0 Å². The Hall–Kier alpha value is -3.58. The third-order valence-electron chi connectivity index (χ3n) is 7.58. The van der Waals surface area contributed by atoms with Crippen molar-refractivity contribution in [3.05, 3.63) is 84.7 Å². The second-order valence-corrected chi connectivity index (χ2v) is 9.36. The van der Waals surface area contributed by atoms with E-state index in [2.05, 4.69) is 9.97 Å². The molecule has 4 aromatic rings. The molecule has 0 bridgehead atoms. The first kappa shape index (κ1) is 21.0. The zero-order chi connectivity index (χ0) is 23.1. The van der Waals surface area contributed by atoms with E-state index in [0.717, 1.165) is 42.3 Å². The Bertz CT molecular complexity index is 1320. The molecule has 1 aliphatic carbocycles. The number of piperidine rings is 1. The van der Waals surface area contributed by atoms with E-state index in [0.29, 0.717) is 24.5 Å². The number of imidazole rings is 1. The predicted octanol–water partition coefficient (Wildman–Crippen LogP) is 4.08. The highest BCUT2D eigenvalue weighted by Gasteiger charge is 2.50. The number of rotatable bonds is 3. The van der Waals surface area contributed by atoms with E-state index < -0.39 is 5.60 Å². The molecule has 6 rings (SSSR count). The molecular formula is C27H27N5O2. The molecule has 1 aliphatic heterocycles. The lowest BCUT2D eigenvalue weighted by molar-refractivity contribution is -0.110. The highest BCUT2D eigenvalue weighted by Crippen LogP contribution is 2.47. The number of fused-ring (bicyclic) bond motifs is 2. The summed E-state index contributed by atoms with van der Waals surface area (Å²) in [7, 11) is 0. The van der Waals surface area contributed by atoms with Gasteiger partial charge in [-0.3, -0.25) is 9.20 Å². The fraction of sp³-hybridized carbons (Fsp3) is 0.333. The van der Waals surface area contributed by atoms with Crippen LogP contribution in [0.2, 0.25) is 0 Å². The second kappa shape index (κ2) is 8.33. The normalized spacial score (nSPS) is 24.7. The average molecular weight is 454 g/mol. The van der Waals surface area contributed by atoms with Gasteiger partial charge >= 0.3 is 0 Å². The van der Waals surface area contributed by atoms with Gasteiger partial charge in [0.25, 0.3) is 5.91 Å². The fourth-order valence-electron chi connectivity index (χ4n) is 5.97. The van der Waals surface area contributed by atoms with Crippen LogP contribution in [0.5, 0.6) is 0 Å². The number of carbonyl (C=O) groups is 1. The number of aromatic nitrogens is 4. The highest BCUT2D eigenvalue weighted by molar-refractivity contribution is 6.00. The van der Waals surface area contributed by atoms with E-state index in [1.54, 1.807) is 12.4 Å². The molecule has 1 saturated carbocycles. The fourth-order valence-corrected chi connectivity index (χ4v) is 5.97. The maximum atomic E-state index is 14.0. The van der Waals surface area contributed by atoms with Crippen molar-refractivity contribution in [1.82, 2.24) is 24.3 Å². The molecule has 0 spiro atoms. The summed E-state index contributed by atoms with van der Waals surface area (Å²) in [5, 5.41) is 11.9. The van der Waals surface area contributed by atoms with Crippen molar-refractivity contribution in [3.63, 3.8) is 0 Å². The quantitative estimate of drug-likeness (QED) is 0.505. The minimum atomic E-state index is -0.911. The minimum Gasteiger partial charge on any atom is -0.385 e. The summed E-state index contributed by atoms with van der Waals surface area (Å²) in [5.74, 6) is 0.591. The molecule has 1 unspecified atom stereocenters. The highest BCUT2D eigenvalue weighted by atomic mass is 16.3. The van der Waals surface area contributed by atoms with Crippen molar-refractivity contribution < 1.29 is 9.90 Å². The van der Waals surface area contributed by atoms with Crippen molar-refractivity contribution >= 4 is 11.4 Å². The van der Waals surface area contributed by atoms with E-state index in [1.165, 1.54) is 6.33 Å². The molecule has 1 saturated heterocycles. The molecule has 34 heavy (non-hydrogen) atoms. The van der Waals surface area contributed by atoms with Gasteiger partial charge < -0.3 is 10.0 Å². The van der Waals surface area contributed by atoms with Gasteiger partial charge in [-0.2, -0.15) is 0 Å². The zero-order valence-electron chi connectivity index (χ0n) is 18.9. The average Bonchev–Trinajstić information content (AvgIpc) is 3.30. The zero-order valence-corrected chi connectivity index (χ0v) is 18.9. The van der Waals surface area contributed by atoms with Crippen LogP contribution < -0.4 is 0 Å². The van der Waals surface area contributed by atoms with Crippen LogP contribution in [0.1, 0.15) is 48.2 Å². The van der Waals surface area contributed by atoms with Crippen molar-refractivity contribution in [1.29, 1.82) is 0 Å². The van der Waals surface area contributed by atoms with Gasteiger partial charge in [-0.15, -0.1) is 0 Å². The van der Waals surface area contributed by atoms with Gasteiger partial charge in [-0.25, -0.2) is 15.0 Å². The number of aliphatic hydroxyl groups is 1. The number of carbonyl (C=O) groups excluding carboxylic acids is 1. The summed E-state index contributed by atoms with van der Waals surface area (Å²) in [6.07, 6.45) is 11.3. The molecule has 0 radical (unpaired) electrons. The lowest BCUT2D eigenvalue weighted by Crippen LogP contribution is -2.59. The van der Waals surface area contributed by atoms with Gasteiger partial charge in [0.05, 0.1) is 16.7 Å². The number of likely N-dealkylation sites (tertiary alicyclic amines) is 1. The third-order valence-corrected chi connectivity index (χ3v) is 7.58. The second-order valence-electron chi connectivity index (χ2n) is 9.36. The van der Waals surface area contributed by atoms with Crippen LogP contribution in [0.25, 0.3) is 16.9 Å². The summed E-state index contributed by atoms with van der Waals surface area (Å²) in [5.41, 5.74) is 2.01. The molecule has 1 amide bonds. The van der Waals surface area contributed by atoms with E-state index >= 15 is 0 Å². The standard InChI is InChI=1S/C27H27N5O2/c33-26(24-23-12-6-7-14-31(23)25(30-24)19-16-28-18-29-17-19)32-15-13-27(34,20-8-2-1-3-9-20)21-10-4-5-11-22(21)32/h1-3,6-9,12,14,16-18,21-22,34H,4-5,10-11,13,15H2/t21-,22+,27?/m0/s1. The smallest absolute Gasteiger partial charge is 0.274 e. The molecule has 3 aromatic heterocycles. The van der Waals surface area contributed by atoms with Gasteiger partial charge in [0.2, 0.25) is 0 Å². The van der Waals surface area contributed by atoms with E-state index in [4.69, 9.17) is 4.98 Å². The lowest BCUT2D eigenvalue weighted by Gasteiger charge is -2.52. The van der Waals surface area contributed by atoms with Crippen LogP contribution in [-0.4, -0.2) is 47.9 Å². The van der Waals surface area contributed by atoms with Crippen LogP contribution in [0.4, 0.5) is 0 Å². The van der Waals surface area contributed by atoms with Gasteiger partial charge in [0, 0.05) is 37.1 Å². The summed E-state index contributed by atoms with van der Waals surface area (Å²) in [6.45, 7) is 0.501. The monoisotopic (exact) mass is 453 g/mol. The van der Waals surface area contributed by atoms with Gasteiger partial charge in [0.15, 0.2) is 5.69 Å². The Balaban J connectivity index is 1.39. The van der Waals surface area contributed by atoms with Crippen molar-refractivity contribution in [2.24, 2.45) is 5.92 Å². The van der Waals surface area contributed by atoms with Crippen LogP contribution in [0, 0.1) is 5.92 Å². The van der Waals surface area contributed by atoms with Gasteiger partial charge in [-0.1, -0.05) is 49.2 Å². The molecule has 1 N–H and O–H groups in total. The summed E-state index contributed by atoms with van der Waals surface area (Å²) < 4.78 is 1.93. The van der Waals surface area contributed by atoms with Crippen LogP contribution >= 0.6 is 0 Å². The summed E-state index contributed by atoms with van der Waals surface area (Å²) >= 11 is 0. The maximum absolute atomic E-state index is 14.0. The molecule has 4 heterocycles. The number of hydrogen-bond acceptors (Lipinski definition) is 5. The largest absolute Gasteiger partial charge is 0.385 e. The van der Waals surface area contributed by atoms with Gasteiger partial charge in [0.1, 0.15) is 12.2 Å². The molecule has 3 atom stereocenters. The van der Waals surface area contributed by atoms with E-state index in [9.17, 15) is 9.90 Å². The first-order valence-electron chi connectivity index (χ1n) is 12.0. The van der Waals surface area contributed by atoms with E-state index in [-0.39, 0.29) is 17.9 Å². The Morgan fingerprint density at radius 2 is 1.76 bits per heavy atom. The van der Waals surface area contributed by atoms with E-state index in [1.807, 2.05) is 64.0 Å². The van der Waals surface area contributed by atoms with Crippen LogP contribution in [-0.2, 0) is 5.60 Å². The topological polar surface area (TPSA) is 83.6 Å². The Kier molecular flexibility index (Phi) is 5.14. The van der Waals surface area contributed by atoms with Crippen LogP contribution in [0.15, 0.2) is 73.4 Å². The van der Waals surface area contributed by atoms with Crippen molar-refractivity contribution in [2.45, 2.75) is 43.7 Å². The summed E-state index contributed by atoms with van der Waals surface area (Å²) in [4.78, 5) is 29.0. The van der Waals surface area contributed by atoms with Crippen molar-refractivity contribution in [3.8, 4) is 11.4 Å². The molecule has 2 aliphatic rings. The maximum Gasteiger partial charge on any atom is 0.274 e.